The van der Waals surface area contributed by atoms with Gasteiger partial charge in [0.15, 0.2) is 0 Å². The molecule has 0 radical (unpaired) electrons. The Morgan fingerprint density at radius 3 is 2.44 bits per heavy atom. The molecule has 6 nitrogen and oxygen atoms in total. The second-order valence-corrected chi connectivity index (χ2v) is 5.20. The van der Waals surface area contributed by atoms with Gasteiger partial charge in [-0.15, -0.1) is 0 Å². The van der Waals surface area contributed by atoms with E-state index in [0.29, 0.717) is 19.5 Å². The zero-order valence-corrected chi connectivity index (χ0v) is 10.5. The highest BCUT2D eigenvalue weighted by atomic mass is 16.4. The number of hydrogen-bond acceptors (Lipinski definition) is 4. The summed E-state index contributed by atoms with van der Waals surface area (Å²) in [6.45, 7) is 2.57. The summed E-state index contributed by atoms with van der Waals surface area (Å²) in [4.78, 5) is 26.7. The van der Waals surface area contributed by atoms with E-state index in [4.69, 9.17) is 10.8 Å². The number of piperidine rings is 1. The maximum absolute atomic E-state index is 12.1. The minimum Gasteiger partial charge on any atom is -0.480 e. The molecule has 0 aromatic heterocycles. The van der Waals surface area contributed by atoms with Gasteiger partial charge in [0.05, 0.1) is 6.54 Å². The minimum absolute atomic E-state index is 0.0598. The van der Waals surface area contributed by atoms with E-state index in [0.717, 1.165) is 32.4 Å². The number of carbonyl (C=O) groups is 2. The van der Waals surface area contributed by atoms with Gasteiger partial charge in [0.2, 0.25) is 5.91 Å². The molecule has 2 rings (SSSR count). The van der Waals surface area contributed by atoms with Crippen molar-refractivity contribution in [1.29, 1.82) is 0 Å². The van der Waals surface area contributed by atoms with Crippen molar-refractivity contribution in [2.24, 2.45) is 5.73 Å². The quantitative estimate of drug-likeness (QED) is 0.709. The highest BCUT2D eigenvalue weighted by molar-refractivity contribution is 5.85. The Labute approximate surface area is 107 Å². The summed E-state index contributed by atoms with van der Waals surface area (Å²) in [5, 5.41) is 9.05. The Bertz CT molecular complexity index is 327. The molecule has 0 saturated carbocycles. The van der Waals surface area contributed by atoms with Crippen molar-refractivity contribution >= 4 is 11.9 Å². The number of carboxylic acids is 1. The van der Waals surface area contributed by atoms with Gasteiger partial charge in [0.1, 0.15) is 6.04 Å². The number of carboxylic acid groups (broad SMARTS) is 1. The number of amides is 1. The maximum atomic E-state index is 12.1. The van der Waals surface area contributed by atoms with Crippen LogP contribution in [0.5, 0.6) is 0 Å². The molecule has 3 N–H and O–H groups in total. The SMILES string of the molecule is NC1CCN(CC(=O)N2CCC[C@H]2C(=O)O)CC1. The molecule has 2 heterocycles. The van der Waals surface area contributed by atoms with Gasteiger partial charge < -0.3 is 15.7 Å². The van der Waals surface area contributed by atoms with E-state index >= 15 is 0 Å². The van der Waals surface area contributed by atoms with Crippen LogP contribution in [0.15, 0.2) is 0 Å². The van der Waals surface area contributed by atoms with Crippen LogP contribution in [0.4, 0.5) is 0 Å². The van der Waals surface area contributed by atoms with E-state index in [1.807, 2.05) is 0 Å². The fraction of sp³-hybridized carbons (Fsp3) is 0.833. The lowest BCUT2D eigenvalue weighted by atomic mass is 10.1. The van der Waals surface area contributed by atoms with Gasteiger partial charge in [-0.25, -0.2) is 4.79 Å². The van der Waals surface area contributed by atoms with Crippen molar-refractivity contribution in [1.82, 2.24) is 9.80 Å². The zero-order chi connectivity index (χ0) is 13.1. The summed E-state index contributed by atoms with van der Waals surface area (Å²) < 4.78 is 0. The average molecular weight is 255 g/mol. The molecule has 1 atom stereocenters. The van der Waals surface area contributed by atoms with E-state index in [2.05, 4.69) is 4.90 Å². The third kappa shape index (κ3) is 3.00. The highest BCUT2D eigenvalue weighted by Gasteiger charge is 2.34. The second-order valence-electron chi connectivity index (χ2n) is 5.20. The van der Waals surface area contributed by atoms with E-state index in [9.17, 15) is 9.59 Å². The predicted molar refractivity (Wildman–Crippen MR) is 66.0 cm³/mol. The first-order valence-corrected chi connectivity index (χ1v) is 6.58. The third-order valence-electron chi connectivity index (χ3n) is 3.85. The number of carbonyl (C=O) groups excluding carboxylic acids is 1. The van der Waals surface area contributed by atoms with Crippen molar-refractivity contribution in [3.05, 3.63) is 0 Å². The number of nitrogens with zero attached hydrogens (tertiary/aromatic N) is 2. The van der Waals surface area contributed by atoms with Crippen LogP contribution in [0.3, 0.4) is 0 Å². The van der Waals surface area contributed by atoms with Gasteiger partial charge in [-0.05, 0) is 25.7 Å². The molecule has 0 spiro atoms. The number of nitrogens with two attached hydrogens (primary N) is 1. The van der Waals surface area contributed by atoms with Crippen LogP contribution in [-0.2, 0) is 9.59 Å². The van der Waals surface area contributed by atoms with Crippen LogP contribution in [0, 0.1) is 0 Å². The number of hydrogen-bond donors (Lipinski definition) is 2. The summed E-state index contributed by atoms with van der Waals surface area (Å²) in [5.41, 5.74) is 5.81. The largest absolute Gasteiger partial charge is 0.480 e. The molecule has 2 saturated heterocycles. The van der Waals surface area contributed by atoms with Gasteiger partial charge >= 0.3 is 5.97 Å². The normalized spacial score (nSPS) is 26.5. The number of aliphatic carboxylic acids is 1. The minimum atomic E-state index is -0.887. The molecule has 1 amide bonds. The average Bonchev–Trinajstić information content (AvgIpc) is 2.81. The summed E-state index contributed by atoms with van der Waals surface area (Å²) in [5.74, 6) is -0.947. The predicted octanol–water partition coefficient (Wildman–Crippen LogP) is -0.515. The van der Waals surface area contributed by atoms with E-state index in [1.165, 1.54) is 4.90 Å². The zero-order valence-electron chi connectivity index (χ0n) is 10.5. The first kappa shape index (κ1) is 13.3. The van der Waals surface area contributed by atoms with Crippen molar-refractivity contribution in [2.45, 2.75) is 37.8 Å². The molecule has 2 aliphatic heterocycles. The van der Waals surface area contributed by atoms with Crippen LogP contribution in [-0.4, -0.2) is 65.0 Å². The van der Waals surface area contributed by atoms with Gasteiger partial charge in [-0.1, -0.05) is 0 Å². The molecule has 0 bridgehead atoms. The Morgan fingerprint density at radius 1 is 1.17 bits per heavy atom. The molecule has 102 valence electrons. The third-order valence-corrected chi connectivity index (χ3v) is 3.85. The topological polar surface area (TPSA) is 86.9 Å². The molecule has 18 heavy (non-hydrogen) atoms. The summed E-state index contributed by atoms with van der Waals surface area (Å²) in [6, 6.07) is -0.376. The van der Waals surface area contributed by atoms with E-state index in [-0.39, 0.29) is 11.9 Å². The molecule has 2 aliphatic rings. The molecule has 0 aromatic rings. The first-order valence-electron chi connectivity index (χ1n) is 6.58. The second kappa shape index (κ2) is 5.67. The van der Waals surface area contributed by atoms with Crippen LogP contribution >= 0.6 is 0 Å². The molecule has 0 aromatic carbocycles. The lowest BCUT2D eigenvalue weighted by Gasteiger charge is -2.31. The molecular formula is C12H21N3O3. The first-order chi connectivity index (χ1) is 8.58. The molecule has 6 heteroatoms. The summed E-state index contributed by atoms with van der Waals surface area (Å²) in [6.07, 6.45) is 3.19. The van der Waals surface area contributed by atoms with Crippen LogP contribution < -0.4 is 5.73 Å². The molecule has 2 fully saturated rings. The number of likely N-dealkylation sites (tertiary alicyclic amines) is 2. The van der Waals surface area contributed by atoms with Crippen molar-refractivity contribution in [3.63, 3.8) is 0 Å². The monoisotopic (exact) mass is 255 g/mol. The Kier molecular flexibility index (Phi) is 4.19. The Hall–Kier alpha value is -1.14. The van der Waals surface area contributed by atoms with Crippen LogP contribution in [0.25, 0.3) is 0 Å². The maximum Gasteiger partial charge on any atom is 0.326 e. The lowest BCUT2D eigenvalue weighted by molar-refractivity contribution is -0.148. The van der Waals surface area contributed by atoms with Crippen LogP contribution in [0.1, 0.15) is 25.7 Å². The van der Waals surface area contributed by atoms with Gasteiger partial charge in [0.25, 0.3) is 0 Å². The smallest absolute Gasteiger partial charge is 0.326 e. The summed E-state index contributed by atoms with van der Waals surface area (Å²) in [7, 11) is 0. The molecular weight excluding hydrogens is 234 g/mol. The van der Waals surface area contributed by atoms with E-state index < -0.39 is 12.0 Å². The highest BCUT2D eigenvalue weighted by Crippen LogP contribution is 2.18. The fourth-order valence-corrected chi connectivity index (χ4v) is 2.72. The van der Waals surface area contributed by atoms with E-state index in [1.54, 1.807) is 0 Å². The fourth-order valence-electron chi connectivity index (χ4n) is 2.72. The van der Waals surface area contributed by atoms with Gasteiger partial charge in [-0.3, -0.25) is 9.69 Å². The van der Waals surface area contributed by atoms with Crippen molar-refractivity contribution in [3.8, 4) is 0 Å². The Balaban J connectivity index is 1.86. The molecule has 0 unspecified atom stereocenters. The van der Waals surface area contributed by atoms with Crippen molar-refractivity contribution < 1.29 is 14.7 Å². The number of rotatable bonds is 3. The van der Waals surface area contributed by atoms with Gasteiger partial charge in [0, 0.05) is 25.7 Å². The standard InChI is InChI=1S/C12H21N3O3/c13-9-3-6-14(7-4-9)8-11(16)15-5-1-2-10(15)12(17)18/h9-10H,1-8,13H2,(H,17,18)/t10-/m0/s1. The lowest BCUT2D eigenvalue weighted by Crippen LogP contribution is -2.48. The van der Waals surface area contributed by atoms with Gasteiger partial charge in [-0.2, -0.15) is 0 Å². The van der Waals surface area contributed by atoms with Crippen molar-refractivity contribution in [2.75, 3.05) is 26.2 Å². The van der Waals surface area contributed by atoms with Crippen LogP contribution in [0.2, 0.25) is 0 Å². The molecule has 0 aliphatic carbocycles. The summed E-state index contributed by atoms with van der Waals surface area (Å²) >= 11 is 0. The Morgan fingerprint density at radius 2 is 1.83 bits per heavy atom.